The number of carbonyl (C=O) groups excluding carboxylic acids is 1. The van der Waals surface area contributed by atoms with Crippen LogP contribution >= 0.6 is 0 Å². The van der Waals surface area contributed by atoms with Gasteiger partial charge in [0.25, 0.3) is 0 Å². The first kappa shape index (κ1) is 19.2. The van der Waals surface area contributed by atoms with Crippen molar-refractivity contribution in [1.82, 2.24) is 4.90 Å². The van der Waals surface area contributed by atoms with Crippen LogP contribution < -0.4 is 0 Å². The van der Waals surface area contributed by atoms with Crippen molar-refractivity contribution in [2.24, 2.45) is 0 Å². The van der Waals surface area contributed by atoms with Crippen LogP contribution in [0.4, 0.5) is 0 Å². The second kappa shape index (κ2) is 7.96. The van der Waals surface area contributed by atoms with Crippen molar-refractivity contribution in [3.8, 4) is 11.8 Å². The minimum absolute atomic E-state index is 0.189. The van der Waals surface area contributed by atoms with Gasteiger partial charge in [0.2, 0.25) is 6.29 Å². The van der Waals surface area contributed by atoms with Gasteiger partial charge in [0.1, 0.15) is 0 Å². The minimum Gasteiger partial charge on any atom is -0.450 e. The van der Waals surface area contributed by atoms with Gasteiger partial charge in [-0.15, -0.1) is 0 Å². The molecule has 3 heterocycles. The van der Waals surface area contributed by atoms with Gasteiger partial charge in [-0.1, -0.05) is 18.4 Å². The average Bonchev–Trinajstić information content (AvgIpc) is 2.90. The highest BCUT2D eigenvalue weighted by Crippen LogP contribution is 2.44. The molecule has 0 aliphatic carbocycles. The average molecular weight is 359 g/mol. The predicted octanol–water partition coefficient (Wildman–Crippen LogP) is 2.81. The Balaban J connectivity index is 1.98. The van der Waals surface area contributed by atoms with Crippen molar-refractivity contribution in [3.63, 3.8) is 0 Å². The predicted molar refractivity (Wildman–Crippen MR) is 99.3 cm³/mol. The zero-order chi connectivity index (χ0) is 18.7. The first-order valence-corrected chi connectivity index (χ1v) is 9.67. The maximum atomic E-state index is 12.1. The van der Waals surface area contributed by atoms with E-state index in [1.807, 2.05) is 20.8 Å². The molecule has 5 heteroatoms. The maximum Gasteiger partial charge on any atom is 0.332 e. The van der Waals surface area contributed by atoms with Gasteiger partial charge in [-0.2, -0.15) is 0 Å². The number of hydrogen-bond acceptors (Lipinski definition) is 5. The van der Waals surface area contributed by atoms with Gasteiger partial charge in [0, 0.05) is 36.5 Å². The van der Waals surface area contributed by atoms with Crippen molar-refractivity contribution in [1.29, 1.82) is 0 Å². The Hall–Kier alpha value is -1.61. The molecule has 0 radical (unpaired) electrons. The fourth-order valence-electron chi connectivity index (χ4n) is 4.29. The summed E-state index contributed by atoms with van der Waals surface area (Å²) < 4.78 is 16.9. The second-order valence-corrected chi connectivity index (χ2v) is 7.17. The Morgan fingerprint density at radius 2 is 2.08 bits per heavy atom. The fraction of sp³-hybridized carbons (Fsp3) is 0.667. The Morgan fingerprint density at radius 3 is 2.77 bits per heavy atom. The van der Waals surface area contributed by atoms with Gasteiger partial charge in [-0.05, 0) is 53.0 Å². The zero-order valence-electron chi connectivity index (χ0n) is 16.2. The molecule has 3 aliphatic rings. The van der Waals surface area contributed by atoms with Crippen LogP contribution in [0, 0.1) is 11.8 Å². The van der Waals surface area contributed by atoms with Crippen LogP contribution in [-0.4, -0.2) is 54.6 Å². The zero-order valence-corrected chi connectivity index (χ0v) is 16.2. The van der Waals surface area contributed by atoms with Crippen molar-refractivity contribution in [3.05, 3.63) is 23.3 Å². The Morgan fingerprint density at radius 1 is 1.35 bits per heavy atom. The number of nitrogens with zero attached hydrogens (tertiary/aromatic N) is 1. The SMILES string of the molecule is CCOC(C#CC1=C[C@H](C)N2CCCCC2[C@@]2(C)OC(=O)C=C12)OCC. The molecule has 0 saturated carbocycles. The Labute approximate surface area is 156 Å². The lowest BCUT2D eigenvalue weighted by molar-refractivity contribution is -0.151. The highest BCUT2D eigenvalue weighted by Gasteiger charge is 2.51. The molecule has 0 aromatic rings. The molecule has 0 amide bonds. The van der Waals surface area contributed by atoms with E-state index in [4.69, 9.17) is 14.2 Å². The molecule has 0 aromatic carbocycles. The van der Waals surface area contributed by atoms with Crippen molar-refractivity contribution in [2.45, 2.75) is 70.9 Å². The molecule has 0 N–H and O–H groups in total. The van der Waals surface area contributed by atoms with E-state index in [0.29, 0.717) is 13.2 Å². The normalized spacial score (nSPS) is 31.2. The van der Waals surface area contributed by atoms with Crippen molar-refractivity contribution >= 4 is 5.97 Å². The highest BCUT2D eigenvalue weighted by molar-refractivity contribution is 5.89. The lowest BCUT2D eigenvalue weighted by atomic mass is 9.81. The number of hydrogen-bond donors (Lipinski definition) is 0. The molecule has 3 aliphatic heterocycles. The summed E-state index contributed by atoms with van der Waals surface area (Å²) >= 11 is 0. The molecule has 1 unspecified atom stereocenters. The summed E-state index contributed by atoms with van der Waals surface area (Å²) in [4.78, 5) is 14.6. The third kappa shape index (κ3) is 3.59. The van der Waals surface area contributed by atoms with E-state index in [1.165, 1.54) is 6.42 Å². The number of rotatable bonds is 4. The summed E-state index contributed by atoms with van der Waals surface area (Å²) in [6.45, 7) is 10.1. The summed E-state index contributed by atoms with van der Waals surface area (Å²) in [5, 5.41) is 0. The molecule has 142 valence electrons. The van der Waals surface area contributed by atoms with Crippen LogP contribution in [0.5, 0.6) is 0 Å². The van der Waals surface area contributed by atoms with Gasteiger partial charge in [0.05, 0.1) is 6.04 Å². The molecule has 1 saturated heterocycles. The Bertz CT molecular complexity index is 665. The van der Waals surface area contributed by atoms with Crippen LogP contribution in [0.1, 0.15) is 47.0 Å². The molecule has 3 atom stereocenters. The largest absolute Gasteiger partial charge is 0.450 e. The maximum absolute atomic E-state index is 12.1. The lowest BCUT2D eigenvalue weighted by Crippen LogP contribution is -2.55. The summed E-state index contributed by atoms with van der Waals surface area (Å²) in [5.74, 6) is 6.02. The fourth-order valence-corrected chi connectivity index (χ4v) is 4.29. The Kier molecular flexibility index (Phi) is 5.86. The number of carbonyl (C=O) groups is 1. The van der Waals surface area contributed by atoms with Crippen molar-refractivity contribution < 1.29 is 19.0 Å². The first-order chi connectivity index (χ1) is 12.5. The lowest BCUT2D eigenvalue weighted by Gasteiger charge is -2.45. The van der Waals surface area contributed by atoms with Gasteiger partial charge in [-0.25, -0.2) is 4.79 Å². The molecule has 0 spiro atoms. The number of esters is 1. The van der Waals surface area contributed by atoms with E-state index in [9.17, 15) is 4.79 Å². The highest BCUT2D eigenvalue weighted by atomic mass is 16.7. The number of fused-ring (bicyclic) bond motifs is 3. The van der Waals surface area contributed by atoms with E-state index < -0.39 is 11.9 Å². The van der Waals surface area contributed by atoms with Gasteiger partial charge in [-0.3, -0.25) is 4.90 Å². The van der Waals surface area contributed by atoms with Crippen LogP contribution in [-0.2, 0) is 19.0 Å². The van der Waals surface area contributed by atoms with Crippen LogP contribution in [0.2, 0.25) is 0 Å². The molecule has 5 nitrogen and oxygen atoms in total. The van der Waals surface area contributed by atoms with Crippen LogP contribution in [0.15, 0.2) is 23.3 Å². The van der Waals surface area contributed by atoms with E-state index in [0.717, 1.165) is 30.5 Å². The summed E-state index contributed by atoms with van der Waals surface area (Å²) in [6.07, 6.45) is 6.57. The second-order valence-electron chi connectivity index (χ2n) is 7.17. The monoisotopic (exact) mass is 359 g/mol. The molecule has 3 rings (SSSR count). The third-order valence-corrected chi connectivity index (χ3v) is 5.47. The summed E-state index contributed by atoms with van der Waals surface area (Å²) in [7, 11) is 0. The summed E-state index contributed by atoms with van der Waals surface area (Å²) in [5.41, 5.74) is 1.10. The van der Waals surface area contributed by atoms with Crippen molar-refractivity contribution in [2.75, 3.05) is 19.8 Å². The van der Waals surface area contributed by atoms with Crippen LogP contribution in [0.25, 0.3) is 0 Å². The van der Waals surface area contributed by atoms with Gasteiger partial charge < -0.3 is 14.2 Å². The number of piperidine rings is 1. The quantitative estimate of drug-likeness (QED) is 0.439. The molecular formula is C21H29NO4. The van der Waals surface area contributed by atoms with Gasteiger partial charge >= 0.3 is 5.97 Å². The standard InChI is InChI=1S/C21H29NO4/c1-5-24-20(25-6-2)11-10-16-13-15(3)22-12-8-7-9-18(22)21(4)17(16)14-19(23)26-21/h13-15,18,20H,5-9,12H2,1-4H3/t15-,18?,21-/m0/s1. The topological polar surface area (TPSA) is 48.0 Å². The van der Waals surface area contributed by atoms with E-state index in [1.54, 1.807) is 6.08 Å². The molecule has 0 bridgehead atoms. The summed E-state index contributed by atoms with van der Waals surface area (Å²) in [6, 6.07) is 0.429. The molecular weight excluding hydrogens is 330 g/mol. The third-order valence-electron chi connectivity index (χ3n) is 5.47. The van der Waals surface area contributed by atoms with Crippen LogP contribution in [0.3, 0.4) is 0 Å². The number of ether oxygens (including phenoxy) is 3. The van der Waals surface area contributed by atoms with Gasteiger partial charge in [0.15, 0.2) is 5.60 Å². The first-order valence-electron chi connectivity index (χ1n) is 9.67. The smallest absolute Gasteiger partial charge is 0.332 e. The van der Waals surface area contributed by atoms with E-state index >= 15 is 0 Å². The van der Waals surface area contributed by atoms with E-state index in [2.05, 4.69) is 29.7 Å². The minimum atomic E-state index is -0.643. The molecule has 26 heavy (non-hydrogen) atoms. The molecule has 1 fully saturated rings. The molecule has 0 aromatic heterocycles. The van der Waals surface area contributed by atoms with E-state index in [-0.39, 0.29) is 18.1 Å².